The van der Waals surface area contributed by atoms with Crippen LogP contribution in [0.15, 0.2) is 0 Å². The fourth-order valence-electron chi connectivity index (χ4n) is 1.78. The summed E-state index contributed by atoms with van der Waals surface area (Å²) >= 11 is 0. The van der Waals surface area contributed by atoms with Crippen LogP contribution in [0.4, 0.5) is 0 Å². The van der Waals surface area contributed by atoms with Crippen LogP contribution in [0.5, 0.6) is 0 Å². The standard InChI is InChI=1S/C14H24O4/c1-9(2)7-17-13(15)11-5-6-12(11)14(16)18-8-10(3)4/h9-12H,5-8H2,1-4H3. The molecule has 0 aromatic rings. The molecule has 0 saturated heterocycles. The molecule has 1 saturated carbocycles. The lowest BCUT2D eigenvalue weighted by molar-refractivity contribution is -0.168. The summed E-state index contributed by atoms with van der Waals surface area (Å²) in [5, 5.41) is 0. The second-order valence-corrected chi connectivity index (χ2v) is 5.84. The highest BCUT2D eigenvalue weighted by Crippen LogP contribution is 2.36. The van der Waals surface area contributed by atoms with Gasteiger partial charge in [0.2, 0.25) is 0 Å². The molecule has 0 spiro atoms. The van der Waals surface area contributed by atoms with Gasteiger partial charge in [-0.3, -0.25) is 9.59 Å². The van der Waals surface area contributed by atoms with Gasteiger partial charge in [0.15, 0.2) is 0 Å². The molecule has 1 rings (SSSR count). The van der Waals surface area contributed by atoms with Gasteiger partial charge in [0, 0.05) is 0 Å². The fourth-order valence-corrected chi connectivity index (χ4v) is 1.78. The quantitative estimate of drug-likeness (QED) is 0.685. The lowest BCUT2D eigenvalue weighted by atomic mass is 9.73. The first-order chi connectivity index (χ1) is 8.41. The minimum atomic E-state index is -0.289. The molecular formula is C14H24O4. The average Bonchev–Trinajstić information content (AvgIpc) is 2.22. The Hall–Kier alpha value is -1.06. The summed E-state index contributed by atoms with van der Waals surface area (Å²) in [4.78, 5) is 23.5. The Morgan fingerprint density at radius 2 is 1.22 bits per heavy atom. The van der Waals surface area contributed by atoms with Crippen molar-refractivity contribution in [1.29, 1.82) is 0 Å². The molecule has 18 heavy (non-hydrogen) atoms. The molecule has 1 fully saturated rings. The van der Waals surface area contributed by atoms with Crippen molar-refractivity contribution in [3.8, 4) is 0 Å². The van der Waals surface area contributed by atoms with Crippen LogP contribution in [0.25, 0.3) is 0 Å². The highest BCUT2D eigenvalue weighted by Gasteiger charge is 2.43. The minimum Gasteiger partial charge on any atom is -0.465 e. The Balaban J connectivity index is 2.35. The third kappa shape index (κ3) is 4.31. The minimum absolute atomic E-state index is 0.249. The number of esters is 2. The number of carbonyl (C=O) groups excluding carboxylic acids is 2. The maximum atomic E-state index is 11.8. The maximum Gasteiger partial charge on any atom is 0.309 e. The van der Waals surface area contributed by atoms with Gasteiger partial charge in [-0.15, -0.1) is 0 Å². The molecule has 0 bridgehead atoms. The van der Waals surface area contributed by atoms with E-state index in [2.05, 4.69) is 0 Å². The summed E-state index contributed by atoms with van der Waals surface area (Å²) in [5.41, 5.74) is 0. The van der Waals surface area contributed by atoms with Gasteiger partial charge in [0.1, 0.15) is 0 Å². The number of hydrogen-bond donors (Lipinski definition) is 0. The fraction of sp³-hybridized carbons (Fsp3) is 0.857. The molecule has 0 heterocycles. The molecule has 2 atom stereocenters. The summed E-state index contributed by atoms with van der Waals surface area (Å²) in [5.74, 6) is -0.435. The van der Waals surface area contributed by atoms with Gasteiger partial charge in [0.05, 0.1) is 25.0 Å². The van der Waals surface area contributed by atoms with E-state index in [4.69, 9.17) is 9.47 Å². The Bertz CT molecular complexity index is 266. The third-order valence-corrected chi connectivity index (χ3v) is 3.00. The SMILES string of the molecule is CC(C)COC(=O)C1CCC1C(=O)OCC(C)C. The number of ether oxygens (including phenoxy) is 2. The van der Waals surface area contributed by atoms with Crippen LogP contribution in [0.1, 0.15) is 40.5 Å². The molecule has 1 aliphatic rings. The van der Waals surface area contributed by atoms with Gasteiger partial charge in [0.25, 0.3) is 0 Å². The van der Waals surface area contributed by atoms with Crippen molar-refractivity contribution in [3.05, 3.63) is 0 Å². The summed E-state index contributed by atoms with van der Waals surface area (Å²) < 4.78 is 10.3. The van der Waals surface area contributed by atoms with Crippen molar-refractivity contribution in [2.24, 2.45) is 23.7 Å². The molecule has 0 amide bonds. The average molecular weight is 256 g/mol. The van der Waals surface area contributed by atoms with E-state index >= 15 is 0 Å². The predicted molar refractivity (Wildman–Crippen MR) is 67.8 cm³/mol. The topological polar surface area (TPSA) is 52.6 Å². The Labute approximate surface area is 109 Å². The summed E-state index contributed by atoms with van der Waals surface area (Å²) in [6.45, 7) is 8.79. The molecule has 4 nitrogen and oxygen atoms in total. The van der Waals surface area contributed by atoms with Gasteiger partial charge in [-0.25, -0.2) is 0 Å². The molecule has 0 radical (unpaired) electrons. The second-order valence-electron chi connectivity index (χ2n) is 5.84. The van der Waals surface area contributed by atoms with Crippen LogP contribution in [0.2, 0.25) is 0 Å². The van der Waals surface area contributed by atoms with E-state index in [1.165, 1.54) is 0 Å². The van der Waals surface area contributed by atoms with Gasteiger partial charge in [-0.05, 0) is 24.7 Å². The molecule has 104 valence electrons. The lowest BCUT2D eigenvalue weighted by Gasteiger charge is -2.32. The van der Waals surface area contributed by atoms with E-state index in [0.29, 0.717) is 25.0 Å². The lowest BCUT2D eigenvalue weighted by Crippen LogP contribution is -2.40. The summed E-state index contributed by atoms with van der Waals surface area (Å²) in [6.07, 6.45) is 1.47. The zero-order valence-electron chi connectivity index (χ0n) is 11.8. The van der Waals surface area contributed by atoms with Crippen molar-refractivity contribution in [1.82, 2.24) is 0 Å². The first-order valence-corrected chi connectivity index (χ1v) is 6.75. The van der Waals surface area contributed by atoms with Crippen molar-refractivity contribution < 1.29 is 19.1 Å². The van der Waals surface area contributed by atoms with Crippen LogP contribution in [0, 0.1) is 23.7 Å². The van der Waals surface area contributed by atoms with Crippen LogP contribution < -0.4 is 0 Å². The zero-order valence-corrected chi connectivity index (χ0v) is 11.8. The van der Waals surface area contributed by atoms with E-state index in [-0.39, 0.29) is 23.8 Å². The predicted octanol–water partition coefficient (Wildman–Crippen LogP) is 2.41. The molecular weight excluding hydrogens is 232 g/mol. The Kier molecular flexibility index (Phi) is 5.63. The van der Waals surface area contributed by atoms with Crippen molar-refractivity contribution in [2.45, 2.75) is 40.5 Å². The van der Waals surface area contributed by atoms with E-state index < -0.39 is 0 Å². The smallest absolute Gasteiger partial charge is 0.309 e. The highest BCUT2D eigenvalue weighted by molar-refractivity contribution is 5.83. The van der Waals surface area contributed by atoms with Crippen LogP contribution in [0.3, 0.4) is 0 Å². The summed E-state index contributed by atoms with van der Waals surface area (Å²) in [6, 6.07) is 0. The third-order valence-electron chi connectivity index (χ3n) is 3.00. The van der Waals surface area contributed by atoms with Gasteiger partial charge < -0.3 is 9.47 Å². The molecule has 0 aromatic heterocycles. The second kappa shape index (κ2) is 6.76. The van der Waals surface area contributed by atoms with Crippen LogP contribution in [-0.2, 0) is 19.1 Å². The normalized spacial score (nSPS) is 22.8. The highest BCUT2D eigenvalue weighted by atomic mass is 16.5. The van der Waals surface area contributed by atoms with Gasteiger partial charge >= 0.3 is 11.9 Å². The Morgan fingerprint density at radius 1 is 0.889 bits per heavy atom. The maximum absolute atomic E-state index is 11.8. The van der Waals surface area contributed by atoms with Crippen molar-refractivity contribution in [2.75, 3.05) is 13.2 Å². The monoisotopic (exact) mass is 256 g/mol. The van der Waals surface area contributed by atoms with E-state index in [1.807, 2.05) is 27.7 Å². The zero-order chi connectivity index (χ0) is 13.7. The van der Waals surface area contributed by atoms with Crippen molar-refractivity contribution in [3.63, 3.8) is 0 Å². The molecule has 1 aliphatic carbocycles. The Morgan fingerprint density at radius 3 is 1.44 bits per heavy atom. The first-order valence-electron chi connectivity index (χ1n) is 6.75. The largest absolute Gasteiger partial charge is 0.465 e. The van der Waals surface area contributed by atoms with Crippen molar-refractivity contribution >= 4 is 11.9 Å². The molecule has 4 heteroatoms. The number of rotatable bonds is 6. The van der Waals surface area contributed by atoms with Gasteiger partial charge in [-0.1, -0.05) is 27.7 Å². The van der Waals surface area contributed by atoms with E-state index in [0.717, 1.165) is 12.8 Å². The molecule has 0 aromatic carbocycles. The van der Waals surface area contributed by atoms with E-state index in [1.54, 1.807) is 0 Å². The van der Waals surface area contributed by atoms with E-state index in [9.17, 15) is 9.59 Å². The summed E-state index contributed by atoms with van der Waals surface area (Å²) in [7, 11) is 0. The molecule has 0 N–H and O–H groups in total. The first kappa shape index (κ1) is 15.0. The number of hydrogen-bond acceptors (Lipinski definition) is 4. The van der Waals surface area contributed by atoms with Gasteiger partial charge in [-0.2, -0.15) is 0 Å². The molecule has 2 unspecified atom stereocenters. The van der Waals surface area contributed by atoms with Crippen LogP contribution in [-0.4, -0.2) is 25.2 Å². The van der Waals surface area contributed by atoms with Crippen LogP contribution >= 0.6 is 0 Å². The number of carbonyl (C=O) groups is 2. The molecule has 0 aliphatic heterocycles.